The fraction of sp³-hybridized carbons (Fsp3) is 0.625. The van der Waals surface area contributed by atoms with E-state index in [9.17, 15) is 10.1 Å². The van der Waals surface area contributed by atoms with Crippen LogP contribution in [0.3, 0.4) is 0 Å². The average Bonchev–Trinajstić information content (AvgIpc) is 2.72. The van der Waals surface area contributed by atoms with Gasteiger partial charge in [-0.1, -0.05) is 15.9 Å². The molecule has 2 atom stereocenters. The van der Waals surface area contributed by atoms with Gasteiger partial charge in [0.2, 0.25) is 0 Å². The highest BCUT2D eigenvalue weighted by Gasteiger charge is 2.29. The first-order chi connectivity index (χ1) is 11.0. The van der Waals surface area contributed by atoms with Crippen LogP contribution in [0.1, 0.15) is 30.1 Å². The van der Waals surface area contributed by atoms with Crippen LogP contribution in [0.4, 0.5) is 5.69 Å². The number of fused-ring (bicyclic) bond motifs is 1. The highest BCUT2D eigenvalue weighted by molar-refractivity contribution is 9.10. The normalized spacial score (nSPS) is 21.1. The summed E-state index contributed by atoms with van der Waals surface area (Å²) in [5, 5.41) is 11.1. The minimum Gasteiger partial charge on any atom is -0.383 e. The SMILES string of the molecule is COCCN(C)C1CCc2c(Br)cc([N+](=O)[O-])cc2C(OC)C1. The third-order valence-corrected chi connectivity index (χ3v) is 5.25. The van der Waals surface area contributed by atoms with Crippen LogP contribution in [0.15, 0.2) is 16.6 Å². The lowest BCUT2D eigenvalue weighted by Crippen LogP contribution is -2.35. The van der Waals surface area contributed by atoms with Crippen LogP contribution >= 0.6 is 15.9 Å². The zero-order valence-electron chi connectivity index (χ0n) is 13.8. The number of benzene rings is 1. The molecule has 0 bridgehead atoms. The Balaban J connectivity index is 2.29. The van der Waals surface area contributed by atoms with Crippen molar-refractivity contribution < 1.29 is 14.4 Å². The maximum Gasteiger partial charge on any atom is 0.270 e. The molecule has 0 spiro atoms. The van der Waals surface area contributed by atoms with Crippen molar-refractivity contribution in [2.45, 2.75) is 31.4 Å². The lowest BCUT2D eigenvalue weighted by atomic mass is 10.00. The molecule has 1 aliphatic carbocycles. The van der Waals surface area contributed by atoms with E-state index in [1.54, 1.807) is 26.4 Å². The van der Waals surface area contributed by atoms with Crippen LogP contribution < -0.4 is 0 Å². The number of hydrogen-bond acceptors (Lipinski definition) is 5. The standard InChI is InChI=1S/C16H23BrN2O4/c1-18(6-7-22-2)11-4-5-13-14(16(10-11)23-3)8-12(19(20)21)9-15(13)17/h8-9,11,16H,4-7,10H2,1-3H3. The molecule has 1 aromatic carbocycles. The fourth-order valence-electron chi connectivity index (χ4n) is 3.14. The molecule has 2 unspecified atom stereocenters. The molecule has 0 heterocycles. The van der Waals surface area contributed by atoms with Gasteiger partial charge in [0.05, 0.1) is 17.6 Å². The number of nitro groups is 1. The second-order valence-corrected chi connectivity index (χ2v) is 6.73. The van der Waals surface area contributed by atoms with Crippen molar-refractivity contribution in [2.24, 2.45) is 0 Å². The van der Waals surface area contributed by atoms with Crippen molar-refractivity contribution >= 4 is 21.6 Å². The zero-order valence-corrected chi connectivity index (χ0v) is 15.3. The molecular formula is C16H23BrN2O4. The Kier molecular flexibility index (Phi) is 6.52. The van der Waals surface area contributed by atoms with Gasteiger partial charge in [-0.3, -0.25) is 10.1 Å². The molecule has 0 fully saturated rings. The average molecular weight is 387 g/mol. The van der Waals surface area contributed by atoms with Crippen LogP contribution in [0.25, 0.3) is 0 Å². The first kappa shape index (κ1) is 18.3. The molecule has 0 radical (unpaired) electrons. The van der Waals surface area contributed by atoms with Crippen molar-refractivity contribution in [3.63, 3.8) is 0 Å². The summed E-state index contributed by atoms with van der Waals surface area (Å²) in [5.74, 6) is 0. The summed E-state index contributed by atoms with van der Waals surface area (Å²) in [6.45, 7) is 1.54. The number of nitrogens with zero attached hydrogens (tertiary/aromatic N) is 2. The lowest BCUT2D eigenvalue weighted by molar-refractivity contribution is -0.385. The number of non-ortho nitro benzene ring substituents is 1. The quantitative estimate of drug-likeness (QED) is 0.426. The molecule has 1 aromatic rings. The maximum atomic E-state index is 11.1. The first-order valence-corrected chi connectivity index (χ1v) is 8.45. The molecule has 0 amide bonds. The third-order valence-electron chi connectivity index (χ3n) is 4.54. The number of nitro benzene ring substituents is 1. The number of rotatable bonds is 6. The molecule has 0 saturated carbocycles. The molecule has 2 rings (SSSR count). The Labute approximate surface area is 145 Å². The van der Waals surface area contributed by atoms with Crippen LogP contribution in [-0.2, 0) is 15.9 Å². The molecule has 0 saturated heterocycles. The fourth-order valence-corrected chi connectivity index (χ4v) is 3.81. The summed E-state index contributed by atoms with van der Waals surface area (Å²) in [5.41, 5.74) is 2.14. The van der Waals surface area contributed by atoms with E-state index < -0.39 is 0 Å². The summed E-state index contributed by atoms with van der Waals surface area (Å²) >= 11 is 3.50. The first-order valence-electron chi connectivity index (χ1n) is 7.66. The lowest BCUT2D eigenvalue weighted by Gasteiger charge is -2.28. The van der Waals surface area contributed by atoms with E-state index in [0.717, 1.165) is 41.4 Å². The molecule has 7 heteroatoms. The number of methoxy groups -OCH3 is 2. The third kappa shape index (κ3) is 4.29. The number of likely N-dealkylation sites (N-methyl/N-ethyl adjacent to an activating group) is 1. The molecule has 23 heavy (non-hydrogen) atoms. The minimum atomic E-state index is -0.356. The predicted molar refractivity (Wildman–Crippen MR) is 91.8 cm³/mol. The maximum absolute atomic E-state index is 11.1. The van der Waals surface area contributed by atoms with Gasteiger partial charge >= 0.3 is 0 Å². The molecular weight excluding hydrogens is 364 g/mol. The smallest absolute Gasteiger partial charge is 0.270 e. The van der Waals surface area contributed by atoms with Crippen molar-refractivity contribution in [1.29, 1.82) is 0 Å². The van der Waals surface area contributed by atoms with Gasteiger partial charge in [-0.05, 0) is 37.4 Å². The van der Waals surface area contributed by atoms with E-state index >= 15 is 0 Å². The summed E-state index contributed by atoms with van der Waals surface area (Å²) in [6.07, 6.45) is 2.54. The van der Waals surface area contributed by atoms with E-state index in [4.69, 9.17) is 9.47 Å². The van der Waals surface area contributed by atoms with Gasteiger partial charge in [-0.25, -0.2) is 0 Å². The van der Waals surface area contributed by atoms with Crippen LogP contribution in [-0.4, -0.2) is 50.3 Å². The van der Waals surface area contributed by atoms with E-state index in [1.807, 2.05) is 0 Å². The van der Waals surface area contributed by atoms with Gasteiger partial charge in [0.25, 0.3) is 5.69 Å². The Hall–Kier alpha value is -1.02. The largest absolute Gasteiger partial charge is 0.383 e. The van der Waals surface area contributed by atoms with Crippen molar-refractivity contribution in [3.8, 4) is 0 Å². The molecule has 128 valence electrons. The van der Waals surface area contributed by atoms with Crippen molar-refractivity contribution in [2.75, 3.05) is 34.4 Å². The van der Waals surface area contributed by atoms with Crippen LogP contribution in [0.5, 0.6) is 0 Å². The number of halogens is 1. The Morgan fingerprint density at radius 3 is 2.78 bits per heavy atom. The Morgan fingerprint density at radius 1 is 1.43 bits per heavy atom. The summed E-state index contributed by atoms with van der Waals surface area (Å²) in [6, 6.07) is 3.60. The highest BCUT2D eigenvalue weighted by atomic mass is 79.9. The van der Waals surface area contributed by atoms with Gasteiger partial charge in [-0.2, -0.15) is 0 Å². The zero-order chi connectivity index (χ0) is 17.0. The van der Waals surface area contributed by atoms with Gasteiger partial charge in [0.15, 0.2) is 0 Å². The van der Waals surface area contributed by atoms with E-state index in [0.29, 0.717) is 12.6 Å². The van der Waals surface area contributed by atoms with Crippen molar-refractivity contribution in [1.82, 2.24) is 4.90 Å². The number of ether oxygens (including phenoxy) is 2. The Bertz CT molecular complexity index is 567. The van der Waals surface area contributed by atoms with Gasteiger partial charge in [0, 0.05) is 43.4 Å². The second kappa shape index (κ2) is 8.19. The molecule has 0 aliphatic heterocycles. The summed E-state index contributed by atoms with van der Waals surface area (Å²) < 4.78 is 11.6. The Morgan fingerprint density at radius 2 is 2.17 bits per heavy atom. The van der Waals surface area contributed by atoms with Gasteiger partial charge in [0.1, 0.15) is 0 Å². The van der Waals surface area contributed by atoms with Gasteiger partial charge in [-0.15, -0.1) is 0 Å². The molecule has 0 N–H and O–H groups in total. The minimum absolute atomic E-state index is 0.101. The molecule has 0 aromatic heterocycles. The highest BCUT2D eigenvalue weighted by Crippen LogP contribution is 2.38. The molecule has 6 nitrogen and oxygen atoms in total. The van der Waals surface area contributed by atoms with Crippen LogP contribution in [0, 0.1) is 10.1 Å². The van der Waals surface area contributed by atoms with Crippen molar-refractivity contribution in [3.05, 3.63) is 37.8 Å². The summed E-state index contributed by atoms with van der Waals surface area (Å²) in [4.78, 5) is 13.1. The van der Waals surface area contributed by atoms with Crippen LogP contribution in [0.2, 0.25) is 0 Å². The predicted octanol–water partition coefficient (Wildman–Crippen LogP) is 3.33. The van der Waals surface area contributed by atoms with E-state index in [-0.39, 0.29) is 16.7 Å². The second-order valence-electron chi connectivity index (χ2n) is 5.88. The molecule has 1 aliphatic rings. The van der Waals surface area contributed by atoms with Gasteiger partial charge < -0.3 is 14.4 Å². The van der Waals surface area contributed by atoms with E-state index in [2.05, 4.69) is 27.9 Å². The summed E-state index contributed by atoms with van der Waals surface area (Å²) in [7, 11) is 5.45. The van der Waals surface area contributed by atoms with E-state index in [1.165, 1.54) is 0 Å². The topological polar surface area (TPSA) is 64.8 Å². The monoisotopic (exact) mass is 386 g/mol. The number of hydrogen-bond donors (Lipinski definition) is 0.